The predicted octanol–water partition coefficient (Wildman–Crippen LogP) is 2.68. The summed E-state index contributed by atoms with van der Waals surface area (Å²) in [5.74, 6) is -0.570. The van der Waals surface area contributed by atoms with Gasteiger partial charge in [0.1, 0.15) is 5.82 Å². The molecule has 112 valence electrons. The highest BCUT2D eigenvalue weighted by Crippen LogP contribution is 2.18. The minimum absolute atomic E-state index is 0.169. The first-order valence-corrected chi connectivity index (χ1v) is 6.73. The first kappa shape index (κ1) is 16.5. The SMILES string of the molecule is CCCNC(CCc1cc(F)cc([N+](=O)[O-])c1)COC. The lowest BCUT2D eigenvalue weighted by Gasteiger charge is -2.17. The molecule has 0 aliphatic rings. The first-order chi connectivity index (χ1) is 9.56. The fourth-order valence-corrected chi connectivity index (χ4v) is 2.02. The van der Waals surface area contributed by atoms with E-state index in [-0.39, 0.29) is 11.7 Å². The lowest BCUT2D eigenvalue weighted by atomic mass is 10.0. The van der Waals surface area contributed by atoms with Crippen LogP contribution in [0.2, 0.25) is 0 Å². The van der Waals surface area contributed by atoms with E-state index in [4.69, 9.17) is 4.74 Å². The molecule has 1 aromatic rings. The number of ether oxygens (including phenoxy) is 1. The van der Waals surface area contributed by atoms with Crippen LogP contribution < -0.4 is 5.32 Å². The van der Waals surface area contributed by atoms with Gasteiger partial charge >= 0.3 is 0 Å². The molecule has 1 atom stereocenters. The third-order valence-corrected chi connectivity index (χ3v) is 2.99. The smallest absolute Gasteiger partial charge is 0.272 e. The molecule has 0 saturated heterocycles. The summed E-state index contributed by atoms with van der Waals surface area (Å²) in [5, 5.41) is 14.0. The van der Waals surface area contributed by atoms with E-state index >= 15 is 0 Å². The van der Waals surface area contributed by atoms with Crippen LogP contribution in [0.1, 0.15) is 25.3 Å². The average Bonchev–Trinajstić information content (AvgIpc) is 2.41. The zero-order chi connectivity index (χ0) is 15.0. The highest BCUT2D eigenvalue weighted by molar-refractivity contribution is 5.35. The molecule has 5 nitrogen and oxygen atoms in total. The van der Waals surface area contributed by atoms with Crippen molar-refractivity contribution in [3.05, 3.63) is 39.7 Å². The van der Waals surface area contributed by atoms with Gasteiger partial charge in [0.25, 0.3) is 5.69 Å². The van der Waals surface area contributed by atoms with Crippen molar-refractivity contribution in [2.75, 3.05) is 20.3 Å². The van der Waals surface area contributed by atoms with Crippen molar-refractivity contribution < 1.29 is 14.1 Å². The molecular weight excluding hydrogens is 263 g/mol. The second kappa shape index (κ2) is 8.60. The van der Waals surface area contributed by atoms with Gasteiger partial charge in [0.2, 0.25) is 0 Å². The molecule has 0 fully saturated rings. The fraction of sp³-hybridized carbons (Fsp3) is 0.571. The summed E-state index contributed by atoms with van der Waals surface area (Å²) in [6.07, 6.45) is 2.34. The third-order valence-electron chi connectivity index (χ3n) is 2.99. The molecule has 1 N–H and O–H groups in total. The van der Waals surface area contributed by atoms with Crippen LogP contribution in [-0.4, -0.2) is 31.2 Å². The number of rotatable bonds is 9. The zero-order valence-electron chi connectivity index (χ0n) is 11.9. The molecule has 0 saturated carbocycles. The number of nitrogens with zero attached hydrogens (tertiary/aromatic N) is 1. The highest BCUT2D eigenvalue weighted by Gasteiger charge is 2.12. The minimum Gasteiger partial charge on any atom is -0.383 e. The van der Waals surface area contributed by atoms with Crippen molar-refractivity contribution in [2.45, 2.75) is 32.2 Å². The largest absolute Gasteiger partial charge is 0.383 e. The molecule has 0 heterocycles. The lowest BCUT2D eigenvalue weighted by molar-refractivity contribution is -0.385. The molecule has 6 heteroatoms. The Balaban J connectivity index is 2.64. The second-order valence-electron chi connectivity index (χ2n) is 4.72. The number of nitrogens with one attached hydrogen (secondary N) is 1. The van der Waals surface area contributed by atoms with Crippen LogP contribution in [0.4, 0.5) is 10.1 Å². The minimum atomic E-state index is -0.575. The average molecular weight is 284 g/mol. The Bertz CT molecular complexity index is 440. The number of hydrogen-bond acceptors (Lipinski definition) is 4. The summed E-state index contributed by atoms with van der Waals surface area (Å²) in [4.78, 5) is 10.1. The van der Waals surface area contributed by atoms with E-state index in [1.54, 1.807) is 7.11 Å². The number of halogens is 1. The molecular formula is C14H21FN2O3. The predicted molar refractivity (Wildman–Crippen MR) is 75.3 cm³/mol. The summed E-state index contributed by atoms with van der Waals surface area (Å²) in [5.41, 5.74) is 0.431. The van der Waals surface area contributed by atoms with Gasteiger partial charge < -0.3 is 10.1 Å². The topological polar surface area (TPSA) is 64.4 Å². The molecule has 0 radical (unpaired) electrons. The summed E-state index contributed by atoms with van der Waals surface area (Å²) in [7, 11) is 1.63. The summed E-state index contributed by atoms with van der Waals surface area (Å²) < 4.78 is 18.4. The van der Waals surface area contributed by atoms with Crippen molar-refractivity contribution in [1.82, 2.24) is 5.32 Å². The molecule has 1 unspecified atom stereocenters. The van der Waals surface area contributed by atoms with Gasteiger partial charge in [-0.2, -0.15) is 0 Å². The maximum Gasteiger partial charge on any atom is 0.272 e. The standard InChI is InChI=1S/C14H21FN2O3/c1-3-6-16-13(10-20-2)5-4-11-7-12(15)9-14(8-11)17(18)19/h7-9,13,16H,3-6,10H2,1-2H3. The number of methoxy groups -OCH3 is 1. The second-order valence-corrected chi connectivity index (χ2v) is 4.72. The molecule has 0 amide bonds. The zero-order valence-corrected chi connectivity index (χ0v) is 11.9. The maximum absolute atomic E-state index is 13.3. The van der Waals surface area contributed by atoms with E-state index in [1.807, 2.05) is 0 Å². The Labute approximate surface area is 118 Å². The highest BCUT2D eigenvalue weighted by atomic mass is 19.1. The number of non-ortho nitro benzene ring substituents is 1. The van der Waals surface area contributed by atoms with Crippen molar-refractivity contribution in [1.29, 1.82) is 0 Å². The Morgan fingerprint density at radius 1 is 1.45 bits per heavy atom. The van der Waals surface area contributed by atoms with E-state index in [9.17, 15) is 14.5 Å². The number of nitro benzene ring substituents is 1. The molecule has 1 rings (SSSR count). The van der Waals surface area contributed by atoms with Gasteiger partial charge in [-0.25, -0.2) is 4.39 Å². The Morgan fingerprint density at radius 2 is 2.20 bits per heavy atom. The summed E-state index contributed by atoms with van der Waals surface area (Å²) in [6, 6.07) is 3.87. The molecule has 0 aliphatic carbocycles. The van der Waals surface area contributed by atoms with Gasteiger partial charge in [-0.05, 0) is 37.4 Å². The van der Waals surface area contributed by atoms with Crippen LogP contribution in [0.3, 0.4) is 0 Å². The number of benzene rings is 1. The van der Waals surface area contributed by atoms with Gasteiger partial charge in [0.05, 0.1) is 17.6 Å². The fourth-order valence-electron chi connectivity index (χ4n) is 2.02. The molecule has 0 bridgehead atoms. The quantitative estimate of drug-likeness (QED) is 0.559. The van der Waals surface area contributed by atoms with E-state index < -0.39 is 10.7 Å². The molecule has 20 heavy (non-hydrogen) atoms. The van der Waals surface area contributed by atoms with Crippen LogP contribution in [0.15, 0.2) is 18.2 Å². The van der Waals surface area contributed by atoms with Crippen LogP contribution in [0.25, 0.3) is 0 Å². The molecule has 0 aliphatic heterocycles. The van der Waals surface area contributed by atoms with Gasteiger partial charge in [-0.3, -0.25) is 10.1 Å². The van der Waals surface area contributed by atoms with Gasteiger partial charge in [0.15, 0.2) is 0 Å². The summed E-state index contributed by atoms with van der Waals surface area (Å²) in [6.45, 7) is 3.53. The van der Waals surface area contributed by atoms with Gasteiger partial charge in [-0.15, -0.1) is 0 Å². The van der Waals surface area contributed by atoms with Crippen molar-refractivity contribution in [3.63, 3.8) is 0 Å². The summed E-state index contributed by atoms with van der Waals surface area (Å²) >= 11 is 0. The molecule has 0 spiro atoms. The van der Waals surface area contributed by atoms with E-state index in [2.05, 4.69) is 12.2 Å². The van der Waals surface area contributed by atoms with Crippen LogP contribution in [0.5, 0.6) is 0 Å². The van der Waals surface area contributed by atoms with Crippen molar-refractivity contribution in [2.24, 2.45) is 0 Å². The first-order valence-electron chi connectivity index (χ1n) is 6.73. The van der Waals surface area contributed by atoms with Crippen molar-refractivity contribution >= 4 is 5.69 Å². The van der Waals surface area contributed by atoms with Gasteiger partial charge in [-0.1, -0.05) is 6.92 Å². The Morgan fingerprint density at radius 3 is 2.80 bits per heavy atom. The van der Waals surface area contributed by atoms with Crippen molar-refractivity contribution in [3.8, 4) is 0 Å². The van der Waals surface area contributed by atoms with Crippen LogP contribution in [-0.2, 0) is 11.2 Å². The Hall–Kier alpha value is -1.53. The normalized spacial score (nSPS) is 12.3. The number of aryl methyl sites for hydroxylation is 1. The number of hydrogen-bond donors (Lipinski definition) is 1. The third kappa shape index (κ3) is 5.63. The monoisotopic (exact) mass is 284 g/mol. The molecule has 1 aromatic carbocycles. The van der Waals surface area contributed by atoms with E-state index in [0.717, 1.165) is 25.5 Å². The Kier molecular flexibility index (Phi) is 7.11. The molecule has 0 aromatic heterocycles. The maximum atomic E-state index is 13.3. The van der Waals surface area contributed by atoms with Crippen LogP contribution >= 0.6 is 0 Å². The lowest BCUT2D eigenvalue weighted by Crippen LogP contribution is -2.34. The number of nitro groups is 1. The van der Waals surface area contributed by atoms with E-state index in [1.165, 1.54) is 12.1 Å². The van der Waals surface area contributed by atoms with Crippen LogP contribution in [0, 0.1) is 15.9 Å². The van der Waals surface area contributed by atoms with E-state index in [0.29, 0.717) is 18.6 Å². The van der Waals surface area contributed by atoms with Gasteiger partial charge in [0, 0.05) is 19.2 Å².